The van der Waals surface area contributed by atoms with Gasteiger partial charge in [0.25, 0.3) is 0 Å². The third kappa shape index (κ3) is 2.55. The smallest absolute Gasteiger partial charge is 0.0554 e. The Morgan fingerprint density at radius 3 is 1.92 bits per heavy atom. The van der Waals surface area contributed by atoms with Gasteiger partial charge in [-0.25, -0.2) is 0 Å². The van der Waals surface area contributed by atoms with Gasteiger partial charge in [0.15, 0.2) is 0 Å². The quantitative estimate of drug-likeness (QED) is 0.461. The van der Waals surface area contributed by atoms with Gasteiger partial charge >= 0.3 is 0 Å². The lowest BCUT2D eigenvalue weighted by molar-refractivity contribution is 1.26. The second kappa shape index (κ2) is 4.77. The van der Waals surface area contributed by atoms with Gasteiger partial charge in [-0.1, -0.05) is 29.6 Å². The zero-order chi connectivity index (χ0) is 9.73. The lowest BCUT2D eigenvalue weighted by Gasteiger charge is -2.44. The van der Waals surface area contributed by atoms with Crippen molar-refractivity contribution >= 4 is 16.9 Å². The third-order valence-corrected chi connectivity index (χ3v) is 16.0. The van der Waals surface area contributed by atoms with Crippen molar-refractivity contribution < 1.29 is 0 Å². The van der Waals surface area contributed by atoms with Crippen LogP contribution in [-0.2, 0) is 0 Å². The Morgan fingerprint density at radius 2 is 1.54 bits per heavy atom. The topological polar surface area (TPSA) is 0 Å². The summed E-state index contributed by atoms with van der Waals surface area (Å²) in [6, 6.07) is 3.93. The van der Waals surface area contributed by atoms with Crippen LogP contribution in [0.5, 0.6) is 0 Å². The van der Waals surface area contributed by atoms with Crippen LogP contribution in [0.3, 0.4) is 0 Å². The molecule has 0 aromatic carbocycles. The fourth-order valence-electron chi connectivity index (χ4n) is 2.34. The second-order valence-corrected chi connectivity index (χ2v) is 12.6. The fraction of sp³-hybridized carbons (Fsp3) is 0.455. The molecule has 71 valence electrons. The van der Waals surface area contributed by atoms with E-state index >= 15 is 0 Å². The highest BCUT2D eigenvalue weighted by Gasteiger charge is 2.43. The molecule has 0 atom stereocenters. The number of hydrogen-bond acceptors (Lipinski definition) is 0. The van der Waals surface area contributed by atoms with E-state index in [4.69, 9.17) is 0 Å². The summed E-state index contributed by atoms with van der Waals surface area (Å²) >= 11 is 0. The van der Waals surface area contributed by atoms with Crippen LogP contribution < -0.4 is 0 Å². The Hall–Kier alpha value is -0.346. The first-order valence-corrected chi connectivity index (χ1v) is 9.87. The van der Waals surface area contributed by atoms with Crippen molar-refractivity contribution in [2.75, 3.05) is 0 Å². The first-order valence-electron chi connectivity index (χ1n) is 4.92. The molecule has 2 heteroatoms. The summed E-state index contributed by atoms with van der Waals surface area (Å²) in [5, 5.41) is 0. The molecule has 0 aromatic rings. The molecule has 1 fully saturated rings. The SMILES string of the molecule is C=CC[Si]1C[Si](CC=C)(CC=C)C1. The van der Waals surface area contributed by atoms with E-state index in [0.717, 1.165) is 0 Å². The molecule has 1 radical (unpaired) electrons. The van der Waals surface area contributed by atoms with E-state index in [1.54, 1.807) is 11.3 Å². The first-order chi connectivity index (χ1) is 6.26. The van der Waals surface area contributed by atoms with Gasteiger partial charge in [0.2, 0.25) is 0 Å². The molecule has 1 aliphatic rings. The Balaban J connectivity index is 2.41. The predicted octanol–water partition coefficient (Wildman–Crippen LogP) is 3.58. The zero-order valence-corrected chi connectivity index (χ0v) is 10.4. The minimum absolute atomic E-state index is 0.000792. The molecular formula is C11H19Si2. The molecule has 0 spiro atoms. The molecule has 0 aliphatic carbocycles. The average molecular weight is 207 g/mol. The highest BCUT2D eigenvalue weighted by atomic mass is 28.4. The molecule has 1 aliphatic heterocycles. The summed E-state index contributed by atoms with van der Waals surface area (Å²) < 4.78 is 0. The molecule has 1 rings (SSSR count). The second-order valence-electron chi connectivity index (χ2n) is 4.08. The monoisotopic (exact) mass is 207 g/mol. The maximum Gasteiger partial charge on any atom is 0.0554 e. The summed E-state index contributed by atoms with van der Waals surface area (Å²) in [4.78, 5) is 0. The van der Waals surface area contributed by atoms with Crippen LogP contribution in [0.4, 0.5) is 0 Å². The molecule has 1 saturated heterocycles. The average Bonchev–Trinajstić information content (AvgIpc) is 2.03. The van der Waals surface area contributed by atoms with E-state index in [1.165, 1.54) is 18.1 Å². The predicted molar refractivity (Wildman–Crippen MR) is 66.1 cm³/mol. The van der Waals surface area contributed by atoms with Gasteiger partial charge in [0.1, 0.15) is 0 Å². The minimum Gasteiger partial charge on any atom is -0.103 e. The molecule has 13 heavy (non-hydrogen) atoms. The minimum atomic E-state index is -0.882. The van der Waals surface area contributed by atoms with Crippen LogP contribution in [0, 0.1) is 0 Å². The number of allylic oxidation sites excluding steroid dienone is 3. The molecule has 0 nitrogen and oxygen atoms in total. The van der Waals surface area contributed by atoms with Gasteiger partial charge in [0, 0.05) is 8.80 Å². The van der Waals surface area contributed by atoms with Crippen LogP contribution in [-0.4, -0.2) is 16.9 Å². The first kappa shape index (κ1) is 10.7. The summed E-state index contributed by atoms with van der Waals surface area (Å²) in [7, 11) is -0.883. The summed E-state index contributed by atoms with van der Waals surface area (Å²) in [5.74, 6) is 0. The van der Waals surface area contributed by atoms with E-state index in [-0.39, 0.29) is 8.80 Å². The molecule has 1 heterocycles. The van der Waals surface area contributed by atoms with Crippen molar-refractivity contribution in [3.8, 4) is 0 Å². The van der Waals surface area contributed by atoms with Gasteiger partial charge in [-0.05, 0) is 18.1 Å². The maximum atomic E-state index is 3.87. The van der Waals surface area contributed by atoms with Crippen molar-refractivity contribution in [1.29, 1.82) is 0 Å². The van der Waals surface area contributed by atoms with Crippen molar-refractivity contribution in [3.63, 3.8) is 0 Å². The Bertz CT molecular complexity index is 190. The summed E-state index contributed by atoms with van der Waals surface area (Å²) in [5.41, 5.74) is 3.14. The molecular weight excluding hydrogens is 188 g/mol. The van der Waals surface area contributed by atoms with Gasteiger partial charge < -0.3 is 0 Å². The van der Waals surface area contributed by atoms with Crippen molar-refractivity contribution in [2.45, 2.75) is 29.5 Å². The van der Waals surface area contributed by atoms with Crippen molar-refractivity contribution in [3.05, 3.63) is 38.0 Å². The Morgan fingerprint density at radius 1 is 1.00 bits per heavy atom. The Kier molecular flexibility index (Phi) is 3.94. The summed E-state index contributed by atoms with van der Waals surface area (Å²) in [6.45, 7) is 11.6. The zero-order valence-electron chi connectivity index (χ0n) is 8.39. The van der Waals surface area contributed by atoms with Crippen molar-refractivity contribution in [1.82, 2.24) is 0 Å². The molecule has 0 saturated carbocycles. The molecule has 0 aromatic heterocycles. The van der Waals surface area contributed by atoms with Gasteiger partial charge in [-0.2, -0.15) is 0 Å². The van der Waals surface area contributed by atoms with E-state index in [2.05, 4.69) is 38.0 Å². The highest BCUT2D eigenvalue weighted by Crippen LogP contribution is 2.40. The van der Waals surface area contributed by atoms with Gasteiger partial charge in [-0.15, -0.1) is 19.7 Å². The van der Waals surface area contributed by atoms with Crippen LogP contribution in [0.25, 0.3) is 0 Å². The van der Waals surface area contributed by atoms with Crippen LogP contribution >= 0.6 is 0 Å². The van der Waals surface area contributed by atoms with E-state index in [0.29, 0.717) is 0 Å². The normalized spacial score (nSPS) is 20.3. The van der Waals surface area contributed by atoms with Gasteiger partial charge in [0.05, 0.1) is 8.07 Å². The molecule has 0 N–H and O–H groups in total. The van der Waals surface area contributed by atoms with E-state index < -0.39 is 8.07 Å². The largest absolute Gasteiger partial charge is 0.103 e. The molecule has 0 unspecified atom stereocenters. The highest BCUT2D eigenvalue weighted by molar-refractivity contribution is 7.06. The number of rotatable bonds is 6. The third-order valence-electron chi connectivity index (χ3n) is 2.84. The lowest BCUT2D eigenvalue weighted by atomic mass is 10.7. The lowest BCUT2D eigenvalue weighted by Crippen LogP contribution is -2.52. The summed E-state index contributed by atoms with van der Waals surface area (Å²) in [6.07, 6.45) is 6.36. The molecule has 0 bridgehead atoms. The standard InChI is InChI=1S/C11H19Si2/c1-4-7-12-10-13(11-12,8-5-2)9-6-3/h4-6H,1-3,7-11H2. The van der Waals surface area contributed by atoms with E-state index in [1.807, 2.05) is 0 Å². The van der Waals surface area contributed by atoms with Crippen LogP contribution in [0.15, 0.2) is 38.0 Å². The number of hydrogen-bond donors (Lipinski definition) is 0. The molecule has 0 amide bonds. The van der Waals surface area contributed by atoms with E-state index in [9.17, 15) is 0 Å². The van der Waals surface area contributed by atoms with Crippen LogP contribution in [0.1, 0.15) is 0 Å². The fourth-order valence-corrected chi connectivity index (χ4v) is 15.7. The van der Waals surface area contributed by atoms with Gasteiger partial charge in [-0.3, -0.25) is 0 Å². The van der Waals surface area contributed by atoms with Crippen LogP contribution in [0.2, 0.25) is 29.5 Å². The maximum absolute atomic E-state index is 3.87. The Labute approximate surface area is 84.7 Å². The van der Waals surface area contributed by atoms with Crippen molar-refractivity contribution in [2.24, 2.45) is 0 Å².